The largest absolute Gasteiger partial charge is 0.493 e. The van der Waals surface area contributed by atoms with Crippen LogP contribution in [0.2, 0.25) is 0 Å². The summed E-state index contributed by atoms with van der Waals surface area (Å²) in [6.45, 7) is 5.64. The highest BCUT2D eigenvalue weighted by Crippen LogP contribution is 2.26. The first kappa shape index (κ1) is 27.9. The van der Waals surface area contributed by atoms with Gasteiger partial charge in [0.15, 0.2) is 5.76 Å². The standard InChI is InChI=1S/C28H30FN7O5/c1-19(32-26(37)24-5-2-15-40-24)28(38)36-12-3-10-35(13-14-36)11-4-16-39-21-6-7-22(23(29)17-21)25-33-27(41-34-25)20-8-9-30-31-18-20/h2,5-9,15,17-19H,3-4,10-14,16H2,1H3,(H,32,37)/t19-/m0/s1. The topological polar surface area (TPSA) is 140 Å². The molecule has 1 aliphatic rings. The van der Waals surface area contributed by atoms with Gasteiger partial charge in [-0.2, -0.15) is 15.2 Å². The van der Waals surface area contributed by atoms with E-state index in [4.69, 9.17) is 13.7 Å². The third-order valence-corrected chi connectivity index (χ3v) is 6.69. The molecule has 0 bridgehead atoms. The molecule has 1 fully saturated rings. The molecule has 41 heavy (non-hydrogen) atoms. The molecule has 0 spiro atoms. The van der Waals surface area contributed by atoms with Gasteiger partial charge in [0, 0.05) is 32.2 Å². The van der Waals surface area contributed by atoms with Crippen LogP contribution in [0.1, 0.15) is 30.3 Å². The highest BCUT2D eigenvalue weighted by Gasteiger charge is 2.25. The minimum atomic E-state index is -0.653. The SMILES string of the molecule is C[C@H](NC(=O)c1ccco1)C(=O)N1CCCN(CCCOc2ccc(-c3noc(-c4ccnnc4)n3)c(F)c2)CC1. The van der Waals surface area contributed by atoms with Crippen LogP contribution in [0.25, 0.3) is 22.8 Å². The number of hydrogen-bond donors (Lipinski definition) is 1. The molecule has 13 heteroatoms. The van der Waals surface area contributed by atoms with Gasteiger partial charge in [0.1, 0.15) is 17.6 Å². The Labute approximate surface area is 235 Å². The summed E-state index contributed by atoms with van der Waals surface area (Å²) in [5.41, 5.74) is 0.792. The van der Waals surface area contributed by atoms with E-state index < -0.39 is 17.8 Å². The lowest BCUT2D eigenvalue weighted by molar-refractivity contribution is -0.132. The van der Waals surface area contributed by atoms with Crippen LogP contribution in [0, 0.1) is 5.82 Å². The van der Waals surface area contributed by atoms with Gasteiger partial charge >= 0.3 is 0 Å². The van der Waals surface area contributed by atoms with E-state index in [0.717, 1.165) is 32.5 Å². The van der Waals surface area contributed by atoms with Gasteiger partial charge in [-0.3, -0.25) is 9.59 Å². The van der Waals surface area contributed by atoms with Crippen LogP contribution in [0.15, 0.2) is 64.0 Å². The molecule has 1 N–H and O–H groups in total. The molecule has 0 saturated carbocycles. The zero-order valence-electron chi connectivity index (χ0n) is 22.5. The summed E-state index contributed by atoms with van der Waals surface area (Å²) in [5.74, 6) is -0.114. The molecular weight excluding hydrogens is 533 g/mol. The predicted molar refractivity (Wildman–Crippen MR) is 144 cm³/mol. The van der Waals surface area contributed by atoms with Gasteiger partial charge in [-0.15, -0.1) is 0 Å². The van der Waals surface area contributed by atoms with E-state index in [0.29, 0.717) is 31.0 Å². The van der Waals surface area contributed by atoms with Gasteiger partial charge in [-0.1, -0.05) is 5.16 Å². The first-order chi connectivity index (χ1) is 20.0. The highest BCUT2D eigenvalue weighted by atomic mass is 19.1. The average Bonchev–Trinajstić information content (AvgIpc) is 3.65. The predicted octanol–water partition coefficient (Wildman–Crippen LogP) is 3.05. The molecule has 0 unspecified atom stereocenters. The number of aromatic nitrogens is 4. The quantitative estimate of drug-likeness (QED) is 0.286. The van der Waals surface area contributed by atoms with E-state index in [1.54, 1.807) is 42.2 Å². The average molecular weight is 564 g/mol. The Bertz CT molecular complexity index is 1450. The van der Waals surface area contributed by atoms with Crippen molar-refractivity contribution < 1.29 is 27.7 Å². The molecule has 1 atom stereocenters. The van der Waals surface area contributed by atoms with Crippen LogP contribution in [-0.2, 0) is 4.79 Å². The number of rotatable bonds is 10. The number of hydrogen-bond acceptors (Lipinski definition) is 10. The molecule has 214 valence electrons. The molecule has 5 rings (SSSR count). The molecule has 0 radical (unpaired) electrons. The summed E-state index contributed by atoms with van der Waals surface area (Å²) in [5, 5.41) is 14.0. The number of ether oxygens (including phenoxy) is 1. The van der Waals surface area contributed by atoms with Gasteiger partial charge in [0.05, 0.1) is 36.4 Å². The van der Waals surface area contributed by atoms with Crippen molar-refractivity contribution >= 4 is 11.8 Å². The second kappa shape index (κ2) is 13.1. The summed E-state index contributed by atoms with van der Waals surface area (Å²) in [6, 6.07) is 8.73. The van der Waals surface area contributed by atoms with E-state index in [1.165, 1.54) is 24.7 Å². The third-order valence-electron chi connectivity index (χ3n) is 6.69. The Kier molecular flexibility index (Phi) is 8.94. The Hall–Kier alpha value is -4.65. The second-order valence-corrected chi connectivity index (χ2v) is 9.59. The van der Waals surface area contributed by atoms with E-state index in [9.17, 15) is 14.0 Å². The maximum Gasteiger partial charge on any atom is 0.287 e. The second-order valence-electron chi connectivity index (χ2n) is 9.59. The molecule has 4 heterocycles. The van der Waals surface area contributed by atoms with Crippen molar-refractivity contribution in [3.63, 3.8) is 0 Å². The number of halogens is 1. The maximum atomic E-state index is 14.8. The first-order valence-corrected chi connectivity index (χ1v) is 13.4. The Morgan fingerprint density at radius 1 is 1.15 bits per heavy atom. The van der Waals surface area contributed by atoms with Crippen molar-refractivity contribution in [1.82, 2.24) is 35.5 Å². The first-order valence-electron chi connectivity index (χ1n) is 13.4. The molecule has 1 saturated heterocycles. The van der Waals surface area contributed by atoms with Gasteiger partial charge in [0.2, 0.25) is 11.7 Å². The fraction of sp³-hybridized carbons (Fsp3) is 0.357. The van der Waals surface area contributed by atoms with Crippen LogP contribution < -0.4 is 10.1 Å². The number of amides is 2. The zero-order valence-corrected chi connectivity index (χ0v) is 22.5. The minimum absolute atomic E-state index is 0.119. The van der Waals surface area contributed by atoms with Crippen LogP contribution in [0.4, 0.5) is 4.39 Å². The van der Waals surface area contributed by atoms with Crippen LogP contribution >= 0.6 is 0 Å². The number of benzene rings is 1. The summed E-state index contributed by atoms with van der Waals surface area (Å²) in [7, 11) is 0. The molecule has 1 aliphatic heterocycles. The van der Waals surface area contributed by atoms with Crippen molar-refractivity contribution in [1.29, 1.82) is 0 Å². The third kappa shape index (κ3) is 7.11. The normalized spacial score (nSPS) is 14.8. The van der Waals surface area contributed by atoms with E-state index >= 15 is 0 Å². The maximum absolute atomic E-state index is 14.8. The summed E-state index contributed by atoms with van der Waals surface area (Å²) < 4.78 is 30.9. The van der Waals surface area contributed by atoms with Gasteiger partial charge in [0.25, 0.3) is 11.8 Å². The Morgan fingerprint density at radius 3 is 2.83 bits per heavy atom. The van der Waals surface area contributed by atoms with E-state index in [1.807, 2.05) is 0 Å². The lowest BCUT2D eigenvalue weighted by Gasteiger charge is -2.25. The smallest absolute Gasteiger partial charge is 0.287 e. The van der Waals surface area contributed by atoms with Crippen LogP contribution in [0.5, 0.6) is 5.75 Å². The lowest BCUT2D eigenvalue weighted by atomic mass is 10.2. The Balaban J connectivity index is 1.05. The highest BCUT2D eigenvalue weighted by molar-refractivity contribution is 5.95. The van der Waals surface area contributed by atoms with Crippen molar-refractivity contribution in [2.75, 3.05) is 39.3 Å². The zero-order chi connectivity index (χ0) is 28.6. The number of furan rings is 1. The molecule has 0 aliphatic carbocycles. The molecule has 1 aromatic carbocycles. The van der Waals surface area contributed by atoms with Gasteiger partial charge < -0.3 is 28.8 Å². The van der Waals surface area contributed by atoms with Gasteiger partial charge in [-0.05, 0) is 56.6 Å². The molecule has 4 aromatic rings. The fourth-order valence-corrected chi connectivity index (χ4v) is 4.54. The number of nitrogens with zero attached hydrogens (tertiary/aromatic N) is 6. The number of nitrogens with one attached hydrogen (secondary N) is 1. The summed E-state index contributed by atoms with van der Waals surface area (Å²) in [6.07, 6.45) is 5.97. The van der Waals surface area contributed by atoms with Gasteiger partial charge in [-0.25, -0.2) is 4.39 Å². The van der Waals surface area contributed by atoms with Crippen molar-refractivity contribution in [3.05, 3.63) is 66.6 Å². The minimum Gasteiger partial charge on any atom is -0.493 e. The summed E-state index contributed by atoms with van der Waals surface area (Å²) >= 11 is 0. The molecule has 12 nitrogen and oxygen atoms in total. The lowest BCUT2D eigenvalue weighted by Crippen LogP contribution is -2.48. The van der Waals surface area contributed by atoms with Crippen molar-refractivity contribution in [2.24, 2.45) is 0 Å². The number of carbonyl (C=O) groups excluding carboxylic acids is 2. The summed E-state index contributed by atoms with van der Waals surface area (Å²) in [4.78, 5) is 33.4. The number of carbonyl (C=O) groups is 2. The fourth-order valence-electron chi connectivity index (χ4n) is 4.54. The van der Waals surface area contributed by atoms with Crippen molar-refractivity contribution in [3.8, 4) is 28.6 Å². The molecule has 3 aromatic heterocycles. The molecular formula is C28H30FN7O5. The van der Waals surface area contributed by atoms with Crippen LogP contribution in [0.3, 0.4) is 0 Å². The van der Waals surface area contributed by atoms with Crippen molar-refractivity contribution in [2.45, 2.75) is 25.8 Å². The van der Waals surface area contributed by atoms with E-state index in [2.05, 4.69) is 30.6 Å². The molecule has 2 amide bonds. The Morgan fingerprint density at radius 2 is 2.05 bits per heavy atom. The monoisotopic (exact) mass is 563 g/mol. The van der Waals surface area contributed by atoms with Crippen LogP contribution in [-0.4, -0.2) is 87.3 Å². The van der Waals surface area contributed by atoms with E-state index in [-0.39, 0.29) is 28.9 Å².